The topological polar surface area (TPSA) is 46.9 Å². The summed E-state index contributed by atoms with van der Waals surface area (Å²) in [5.41, 5.74) is -1.16. The van der Waals surface area contributed by atoms with Crippen molar-refractivity contribution in [1.29, 1.82) is 0 Å². The van der Waals surface area contributed by atoms with E-state index in [9.17, 15) is 18.0 Å². The monoisotopic (exact) mass is 365 g/mol. The van der Waals surface area contributed by atoms with Gasteiger partial charge in [-0.05, 0) is 36.4 Å². The summed E-state index contributed by atoms with van der Waals surface area (Å²) in [5, 5.41) is 6.61. The Hall–Kier alpha value is -2.80. The Kier molecular flexibility index (Phi) is 4.50. The normalized spacial score (nSPS) is 11.4. The first-order chi connectivity index (χ1) is 11.9. The SMILES string of the molecule is O=C(Nc1ccc(Cl)cc1)c1cnn(-c2ccccc2)c1C(F)(F)F. The van der Waals surface area contributed by atoms with Crippen LogP contribution in [0.2, 0.25) is 5.02 Å². The fourth-order valence-electron chi connectivity index (χ4n) is 2.28. The number of carbonyl (C=O) groups is 1. The predicted octanol–water partition coefficient (Wildman–Crippen LogP) is 4.80. The molecule has 0 unspecified atom stereocenters. The summed E-state index contributed by atoms with van der Waals surface area (Å²) in [6, 6.07) is 13.8. The molecule has 128 valence electrons. The van der Waals surface area contributed by atoms with Gasteiger partial charge in [-0.1, -0.05) is 29.8 Å². The lowest BCUT2D eigenvalue weighted by Gasteiger charge is -2.13. The highest BCUT2D eigenvalue weighted by Gasteiger charge is 2.40. The maximum Gasteiger partial charge on any atom is 0.434 e. The third kappa shape index (κ3) is 3.66. The van der Waals surface area contributed by atoms with Crippen molar-refractivity contribution in [3.8, 4) is 5.69 Å². The molecule has 0 radical (unpaired) electrons. The van der Waals surface area contributed by atoms with Crippen LogP contribution in [0.15, 0.2) is 60.8 Å². The minimum atomic E-state index is -4.75. The van der Waals surface area contributed by atoms with Crippen LogP contribution in [0.4, 0.5) is 18.9 Å². The Labute approximate surface area is 145 Å². The van der Waals surface area contributed by atoms with Gasteiger partial charge in [0, 0.05) is 10.7 Å². The summed E-state index contributed by atoms with van der Waals surface area (Å²) in [7, 11) is 0. The highest BCUT2D eigenvalue weighted by Crippen LogP contribution is 2.34. The minimum Gasteiger partial charge on any atom is -0.322 e. The van der Waals surface area contributed by atoms with Crippen LogP contribution in [0.1, 0.15) is 16.1 Å². The molecule has 25 heavy (non-hydrogen) atoms. The molecule has 3 aromatic rings. The van der Waals surface area contributed by atoms with Gasteiger partial charge in [-0.3, -0.25) is 4.79 Å². The van der Waals surface area contributed by atoms with Crippen molar-refractivity contribution < 1.29 is 18.0 Å². The summed E-state index contributed by atoms with van der Waals surface area (Å²) in [4.78, 5) is 12.3. The lowest BCUT2D eigenvalue weighted by molar-refractivity contribution is -0.143. The third-order valence-electron chi connectivity index (χ3n) is 3.39. The molecule has 0 aliphatic rings. The number of rotatable bonds is 3. The zero-order chi connectivity index (χ0) is 18.0. The van der Waals surface area contributed by atoms with Crippen molar-refractivity contribution in [2.24, 2.45) is 0 Å². The average molecular weight is 366 g/mol. The van der Waals surface area contributed by atoms with Gasteiger partial charge < -0.3 is 5.32 Å². The van der Waals surface area contributed by atoms with E-state index in [0.717, 1.165) is 6.20 Å². The van der Waals surface area contributed by atoms with Crippen LogP contribution in [-0.2, 0) is 6.18 Å². The number of nitrogens with one attached hydrogen (secondary N) is 1. The third-order valence-corrected chi connectivity index (χ3v) is 3.64. The molecule has 0 spiro atoms. The standard InChI is InChI=1S/C17H11ClF3N3O/c18-11-6-8-12(9-7-11)23-16(25)14-10-22-24(15(14)17(19,20)21)13-4-2-1-3-5-13/h1-10H,(H,23,25). The van der Waals surface area contributed by atoms with E-state index >= 15 is 0 Å². The second-order valence-electron chi connectivity index (χ2n) is 5.11. The molecule has 0 bridgehead atoms. The molecule has 2 aromatic carbocycles. The maximum atomic E-state index is 13.5. The molecule has 4 nitrogen and oxygen atoms in total. The molecule has 0 aliphatic carbocycles. The van der Waals surface area contributed by atoms with Gasteiger partial charge in [0.05, 0.1) is 17.4 Å². The lowest BCUT2D eigenvalue weighted by Crippen LogP contribution is -2.20. The number of hydrogen-bond donors (Lipinski definition) is 1. The fraction of sp³-hybridized carbons (Fsp3) is 0.0588. The minimum absolute atomic E-state index is 0.209. The molecule has 1 aromatic heterocycles. The molecule has 1 N–H and O–H groups in total. The van der Waals surface area contributed by atoms with Crippen LogP contribution in [0.5, 0.6) is 0 Å². The number of para-hydroxylation sites is 1. The second-order valence-corrected chi connectivity index (χ2v) is 5.55. The van der Waals surface area contributed by atoms with Crippen molar-refractivity contribution in [3.05, 3.63) is 77.1 Å². The molecular weight excluding hydrogens is 355 g/mol. The van der Waals surface area contributed by atoms with Gasteiger partial charge in [0.25, 0.3) is 5.91 Å². The summed E-state index contributed by atoms with van der Waals surface area (Å²) < 4.78 is 41.3. The Morgan fingerprint density at radius 1 is 1.04 bits per heavy atom. The number of alkyl halides is 3. The van der Waals surface area contributed by atoms with E-state index < -0.39 is 23.3 Å². The molecule has 0 aliphatic heterocycles. The first kappa shape index (κ1) is 17.0. The number of aromatic nitrogens is 2. The lowest BCUT2D eigenvalue weighted by atomic mass is 10.2. The van der Waals surface area contributed by atoms with Gasteiger partial charge >= 0.3 is 6.18 Å². The molecule has 0 saturated carbocycles. The van der Waals surface area contributed by atoms with Gasteiger partial charge in [-0.2, -0.15) is 18.3 Å². The second kappa shape index (κ2) is 6.60. The number of nitrogens with zero attached hydrogens (tertiary/aromatic N) is 2. The quantitative estimate of drug-likeness (QED) is 0.725. The first-order valence-electron chi connectivity index (χ1n) is 7.14. The molecule has 0 saturated heterocycles. The number of halogens is 4. The van der Waals surface area contributed by atoms with Gasteiger partial charge in [0.2, 0.25) is 0 Å². The zero-order valence-electron chi connectivity index (χ0n) is 12.6. The van der Waals surface area contributed by atoms with E-state index in [1.165, 1.54) is 36.4 Å². The molecule has 0 fully saturated rings. The smallest absolute Gasteiger partial charge is 0.322 e. The highest BCUT2D eigenvalue weighted by atomic mass is 35.5. The van der Waals surface area contributed by atoms with Gasteiger partial charge in [0.1, 0.15) is 0 Å². The van der Waals surface area contributed by atoms with Crippen molar-refractivity contribution >= 4 is 23.2 Å². The molecule has 1 amide bonds. The van der Waals surface area contributed by atoms with E-state index in [1.54, 1.807) is 18.2 Å². The van der Waals surface area contributed by atoms with Crippen molar-refractivity contribution in [2.45, 2.75) is 6.18 Å². The molecule has 0 atom stereocenters. The van der Waals surface area contributed by atoms with E-state index in [4.69, 9.17) is 11.6 Å². The van der Waals surface area contributed by atoms with Crippen molar-refractivity contribution in [3.63, 3.8) is 0 Å². The first-order valence-corrected chi connectivity index (χ1v) is 7.51. The summed E-state index contributed by atoms with van der Waals surface area (Å²) in [5.74, 6) is -0.906. The van der Waals surface area contributed by atoms with Gasteiger partial charge in [-0.25, -0.2) is 4.68 Å². The predicted molar refractivity (Wildman–Crippen MR) is 88.0 cm³/mol. The number of carbonyl (C=O) groups excluding carboxylic acids is 1. The van der Waals surface area contributed by atoms with Crippen LogP contribution < -0.4 is 5.32 Å². The summed E-state index contributed by atoms with van der Waals surface area (Å²) in [6.07, 6.45) is -3.85. The van der Waals surface area contributed by atoms with Crippen molar-refractivity contribution in [1.82, 2.24) is 9.78 Å². The number of hydrogen-bond acceptors (Lipinski definition) is 2. The largest absolute Gasteiger partial charge is 0.434 e. The van der Waals surface area contributed by atoms with E-state index in [0.29, 0.717) is 15.4 Å². The van der Waals surface area contributed by atoms with Crippen LogP contribution in [0.25, 0.3) is 5.69 Å². The van der Waals surface area contributed by atoms with E-state index in [1.807, 2.05) is 0 Å². The highest BCUT2D eigenvalue weighted by molar-refractivity contribution is 6.30. The van der Waals surface area contributed by atoms with Gasteiger partial charge in [-0.15, -0.1) is 0 Å². The Morgan fingerprint density at radius 2 is 1.68 bits per heavy atom. The number of anilines is 1. The van der Waals surface area contributed by atoms with Crippen LogP contribution >= 0.6 is 11.6 Å². The maximum absolute atomic E-state index is 13.5. The number of amides is 1. The van der Waals surface area contributed by atoms with E-state index in [-0.39, 0.29) is 5.69 Å². The summed E-state index contributed by atoms with van der Waals surface area (Å²) in [6.45, 7) is 0. The Balaban J connectivity index is 2.00. The zero-order valence-corrected chi connectivity index (χ0v) is 13.3. The van der Waals surface area contributed by atoms with E-state index in [2.05, 4.69) is 10.4 Å². The Morgan fingerprint density at radius 3 is 2.28 bits per heavy atom. The average Bonchev–Trinajstić information content (AvgIpc) is 3.03. The summed E-state index contributed by atoms with van der Waals surface area (Å²) >= 11 is 5.75. The van der Waals surface area contributed by atoms with Crippen LogP contribution in [-0.4, -0.2) is 15.7 Å². The number of benzene rings is 2. The Bertz CT molecular complexity index is 890. The molecule has 8 heteroatoms. The fourth-order valence-corrected chi connectivity index (χ4v) is 2.41. The van der Waals surface area contributed by atoms with Crippen LogP contribution in [0.3, 0.4) is 0 Å². The molecular formula is C17H11ClF3N3O. The van der Waals surface area contributed by atoms with Crippen molar-refractivity contribution in [2.75, 3.05) is 5.32 Å². The van der Waals surface area contributed by atoms with Gasteiger partial charge in [0.15, 0.2) is 5.69 Å². The molecule has 1 heterocycles. The van der Waals surface area contributed by atoms with Crippen LogP contribution in [0, 0.1) is 0 Å². The molecule has 3 rings (SSSR count).